The number of aryl methyl sites for hydroxylation is 2. The molecule has 0 aliphatic carbocycles. The number of carboxylic acid groups (broad SMARTS) is 1. The van der Waals surface area contributed by atoms with E-state index in [1.807, 2.05) is 38.1 Å². The second kappa shape index (κ2) is 10.1. The number of carbonyl (C=O) groups excluding carboxylic acids is 1. The molecular weight excluding hydrogens is 320 g/mol. The third-order valence-corrected chi connectivity index (χ3v) is 3.35. The minimum absolute atomic E-state index is 0.0884. The Labute approximate surface area is 147 Å². The number of anilines is 1. The molecule has 25 heavy (non-hydrogen) atoms. The van der Waals surface area contributed by atoms with Crippen LogP contribution in [0, 0.1) is 13.8 Å². The molecule has 0 unspecified atom stereocenters. The first-order valence-corrected chi connectivity index (χ1v) is 7.86. The highest BCUT2D eigenvalue weighted by Crippen LogP contribution is 2.20. The van der Waals surface area contributed by atoms with Gasteiger partial charge in [-0.25, -0.2) is 0 Å². The number of para-hydroxylation sites is 2. The molecule has 4 N–H and O–H groups in total. The molecule has 0 radical (unpaired) electrons. The number of aliphatic carboxylic acids is 1. The van der Waals surface area contributed by atoms with E-state index in [-0.39, 0.29) is 6.54 Å². The van der Waals surface area contributed by atoms with Crippen molar-refractivity contribution in [1.29, 1.82) is 0 Å². The maximum atomic E-state index is 10.7. The van der Waals surface area contributed by atoms with Crippen LogP contribution >= 0.6 is 0 Å². The molecule has 2 aromatic rings. The molecule has 6 heteroatoms. The molecule has 0 aliphatic rings. The molecule has 0 saturated heterocycles. The lowest BCUT2D eigenvalue weighted by Gasteiger charge is -2.15. The largest absolute Gasteiger partial charge is 0.480 e. The van der Waals surface area contributed by atoms with Crippen LogP contribution in [-0.2, 0) is 9.59 Å². The van der Waals surface area contributed by atoms with Crippen molar-refractivity contribution in [1.82, 2.24) is 0 Å². The number of hydrogen-bond acceptors (Lipinski definition) is 5. The summed E-state index contributed by atoms with van der Waals surface area (Å²) in [7, 11) is 0. The van der Waals surface area contributed by atoms with Crippen molar-refractivity contribution in [3.05, 3.63) is 59.7 Å². The lowest BCUT2D eigenvalue weighted by Crippen LogP contribution is -2.26. The lowest BCUT2D eigenvalue weighted by atomic mass is 10.1. The highest BCUT2D eigenvalue weighted by atomic mass is 16.5. The van der Waals surface area contributed by atoms with E-state index in [9.17, 15) is 9.59 Å². The fraction of sp³-hybridized carbons (Fsp3) is 0.263. The summed E-state index contributed by atoms with van der Waals surface area (Å²) in [6.07, 6.45) is 0. The minimum atomic E-state index is -0.840. The normalized spacial score (nSPS) is 10.9. The fourth-order valence-corrected chi connectivity index (χ4v) is 1.98. The van der Waals surface area contributed by atoms with Crippen molar-refractivity contribution in [3.63, 3.8) is 0 Å². The van der Waals surface area contributed by atoms with Crippen LogP contribution in [0.2, 0.25) is 0 Å². The molecular formula is C19H24N2O4. The topological polar surface area (TPSA) is 102 Å². The highest BCUT2D eigenvalue weighted by Gasteiger charge is 2.12. The van der Waals surface area contributed by atoms with E-state index < -0.39 is 18.0 Å². The average molecular weight is 344 g/mol. The van der Waals surface area contributed by atoms with Gasteiger partial charge in [-0.3, -0.25) is 9.59 Å². The summed E-state index contributed by atoms with van der Waals surface area (Å²) in [4.78, 5) is 21.3. The van der Waals surface area contributed by atoms with E-state index in [1.54, 1.807) is 31.2 Å². The summed E-state index contributed by atoms with van der Waals surface area (Å²) in [6, 6.07) is 14.2. The Morgan fingerprint density at radius 2 is 1.64 bits per heavy atom. The number of esters is 1. The van der Waals surface area contributed by atoms with Gasteiger partial charge in [0.05, 0.1) is 6.54 Å². The molecule has 0 saturated carbocycles. The van der Waals surface area contributed by atoms with E-state index in [0.717, 1.165) is 16.8 Å². The second-order valence-electron chi connectivity index (χ2n) is 5.46. The number of carbonyl (C=O) groups is 2. The Hall–Kier alpha value is -2.86. The van der Waals surface area contributed by atoms with Gasteiger partial charge in [0.25, 0.3) is 0 Å². The van der Waals surface area contributed by atoms with E-state index in [1.165, 1.54) is 0 Å². The van der Waals surface area contributed by atoms with E-state index in [0.29, 0.717) is 5.75 Å². The maximum Gasteiger partial charge on any atom is 0.325 e. The molecule has 0 fully saturated rings. The Kier molecular flexibility index (Phi) is 8.15. The number of hydrogen-bond donors (Lipinski definition) is 3. The average Bonchev–Trinajstić information content (AvgIpc) is 2.59. The number of nitrogens with one attached hydrogen (secondary N) is 1. The van der Waals surface area contributed by atoms with Gasteiger partial charge in [0, 0.05) is 5.69 Å². The van der Waals surface area contributed by atoms with Gasteiger partial charge in [0.2, 0.25) is 0 Å². The van der Waals surface area contributed by atoms with Crippen LogP contribution in [0.3, 0.4) is 0 Å². The zero-order valence-corrected chi connectivity index (χ0v) is 14.7. The minimum Gasteiger partial charge on any atom is -0.480 e. The molecule has 1 atom stereocenters. The summed E-state index contributed by atoms with van der Waals surface area (Å²) in [5, 5.41) is 11.7. The Bertz CT molecular complexity index is 682. The van der Waals surface area contributed by atoms with Crippen molar-refractivity contribution in [2.75, 3.05) is 11.9 Å². The first-order valence-electron chi connectivity index (χ1n) is 7.86. The number of carboxylic acids is 1. The second-order valence-corrected chi connectivity index (χ2v) is 5.46. The maximum absolute atomic E-state index is 10.7. The van der Waals surface area contributed by atoms with Gasteiger partial charge in [0.1, 0.15) is 11.8 Å². The van der Waals surface area contributed by atoms with Crippen LogP contribution in [0.25, 0.3) is 0 Å². The molecule has 0 spiro atoms. The zero-order valence-electron chi connectivity index (χ0n) is 14.7. The van der Waals surface area contributed by atoms with Crippen LogP contribution in [0.5, 0.6) is 5.75 Å². The monoisotopic (exact) mass is 344 g/mol. The quantitative estimate of drug-likeness (QED) is 0.569. The van der Waals surface area contributed by atoms with Gasteiger partial charge in [-0.2, -0.15) is 0 Å². The van der Waals surface area contributed by atoms with Crippen molar-refractivity contribution in [3.8, 4) is 5.75 Å². The van der Waals surface area contributed by atoms with E-state index in [2.05, 4.69) is 5.32 Å². The lowest BCUT2D eigenvalue weighted by molar-refractivity contribution is -0.137. The fourth-order valence-electron chi connectivity index (χ4n) is 1.98. The highest BCUT2D eigenvalue weighted by molar-refractivity contribution is 5.77. The predicted octanol–water partition coefficient (Wildman–Crippen LogP) is 2.74. The number of nitrogens with two attached hydrogens (primary N) is 1. The van der Waals surface area contributed by atoms with Crippen molar-refractivity contribution < 1.29 is 19.4 Å². The molecule has 0 amide bonds. The van der Waals surface area contributed by atoms with Gasteiger partial charge in [-0.15, -0.1) is 0 Å². The summed E-state index contributed by atoms with van der Waals surface area (Å²) in [6.45, 7) is 5.47. The molecule has 0 aliphatic heterocycles. The van der Waals surface area contributed by atoms with E-state index in [4.69, 9.17) is 15.6 Å². The molecule has 0 bridgehead atoms. The summed E-state index contributed by atoms with van der Waals surface area (Å²) < 4.78 is 4.80. The van der Waals surface area contributed by atoms with Crippen molar-refractivity contribution in [2.45, 2.75) is 26.8 Å². The molecule has 0 aromatic heterocycles. The molecule has 134 valence electrons. The third-order valence-electron chi connectivity index (χ3n) is 3.35. The first-order chi connectivity index (χ1) is 11.8. The molecule has 2 aromatic carbocycles. The van der Waals surface area contributed by atoms with Crippen LogP contribution in [0.4, 0.5) is 5.69 Å². The molecule has 0 heterocycles. The third kappa shape index (κ3) is 7.05. The smallest absolute Gasteiger partial charge is 0.325 e. The predicted molar refractivity (Wildman–Crippen MR) is 97.8 cm³/mol. The number of rotatable bonds is 5. The van der Waals surface area contributed by atoms with Crippen LogP contribution in [-0.4, -0.2) is 29.6 Å². The number of ether oxygens (including phenoxy) is 1. The van der Waals surface area contributed by atoms with Crippen LogP contribution in [0.15, 0.2) is 48.5 Å². The van der Waals surface area contributed by atoms with Crippen LogP contribution in [0.1, 0.15) is 18.1 Å². The van der Waals surface area contributed by atoms with E-state index >= 15 is 0 Å². The molecule has 2 rings (SSSR count). The Morgan fingerprint density at radius 1 is 1.08 bits per heavy atom. The van der Waals surface area contributed by atoms with Crippen molar-refractivity contribution >= 4 is 17.6 Å². The van der Waals surface area contributed by atoms with Gasteiger partial charge >= 0.3 is 11.9 Å². The first kappa shape index (κ1) is 20.2. The summed E-state index contributed by atoms with van der Waals surface area (Å²) in [5.41, 5.74) is 8.10. The Morgan fingerprint density at radius 3 is 2.12 bits per heavy atom. The summed E-state index contributed by atoms with van der Waals surface area (Å²) >= 11 is 0. The van der Waals surface area contributed by atoms with Gasteiger partial charge in [-0.05, 0) is 44.0 Å². The SMILES string of the molecule is Cc1cccc(C)c1N[C@@H](C)C(=O)O.NCC(=O)Oc1ccccc1. The van der Waals surface area contributed by atoms with Gasteiger partial charge in [-0.1, -0.05) is 36.4 Å². The molecule has 6 nitrogen and oxygen atoms in total. The van der Waals surface area contributed by atoms with Crippen molar-refractivity contribution in [2.24, 2.45) is 5.73 Å². The van der Waals surface area contributed by atoms with Gasteiger partial charge in [0.15, 0.2) is 0 Å². The number of benzene rings is 2. The zero-order chi connectivity index (χ0) is 18.8. The standard InChI is InChI=1S/C11H15NO2.C8H9NO2/c1-7-5-4-6-8(2)10(7)12-9(3)11(13)14;9-6-8(10)11-7-4-2-1-3-5-7/h4-6,9,12H,1-3H3,(H,13,14);1-5H,6,9H2/t9-;/m0./s1. The summed E-state index contributed by atoms with van der Waals surface area (Å²) in [5.74, 6) is -0.730. The van der Waals surface area contributed by atoms with Crippen LogP contribution < -0.4 is 15.8 Å². The Balaban J connectivity index is 0.000000257. The van der Waals surface area contributed by atoms with Gasteiger partial charge < -0.3 is 20.9 Å².